The van der Waals surface area contributed by atoms with Gasteiger partial charge in [0.1, 0.15) is 18.1 Å². The van der Waals surface area contributed by atoms with Crippen molar-refractivity contribution in [3.05, 3.63) is 101 Å². The fourth-order valence-electron chi connectivity index (χ4n) is 7.76. The molecule has 7 rings (SSSR count). The second-order valence-corrected chi connectivity index (χ2v) is 12.6. The van der Waals surface area contributed by atoms with Crippen molar-refractivity contribution in [1.82, 2.24) is 14.7 Å². The monoisotopic (exact) mass is 606 g/mol. The van der Waals surface area contributed by atoms with E-state index in [0.717, 1.165) is 47.2 Å². The number of hydrogen-bond donors (Lipinski definition) is 1. The maximum absolute atomic E-state index is 14.9. The highest BCUT2D eigenvalue weighted by Gasteiger charge is 2.50. The van der Waals surface area contributed by atoms with E-state index in [-0.39, 0.29) is 36.9 Å². The Morgan fingerprint density at radius 2 is 1.29 bits per heavy atom. The lowest BCUT2D eigenvalue weighted by atomic mass is 9.93. The van der Waals surface area contributed by atoms with E-state index >= 15 is 0 Å². The van der Waals surface area contributed by atoms with E-state index in [1.165, 1.54) is 4.90 Å². The van der Waals surface area contributed by atoms with E-state index in [4.69, 9.17) is 0 Å². The molecule has 4 atom stereocenters. The molecule has 0 bridgehead atoms. The lowest BCUT2D eigenvalue weighted by molar-refractivity contribution is -0.155. The number of carboxylic acids is 1. The third-order valence-electron chi connectivity index (χ3n) is 10.0. The molecule has 1 N–H and O–H groups in total. The van der Waals surface area contributed by atoms with Gasteiger partial charge in [-0.25, -0.2) is 9.59 Å². The van der Waals surface area contributed by atoms with E-state index in [9.17, 15) is 24.3 Å². The number of rotatable bonds is 4. The van der Waals surface area contributed by atoms with Gasteiger partial charge in [0.05, 0.1) is 6.04 Å². The summed E-state index contributed by atoms with van der Waals surface area (Å²) in [4.78, 5) is 62.6. The van der Waals surface area contributed by atoms with Crippen molar-refractivity contribution in [2.45, 2.75) is 75.7 Å². The number of amides is 4. The van der Waals surface area contributed by atoms with Crippen LogP contribution in [-0.4, -0.2) is 74.8 Å². The Kier molecular flexibility index (Phi) is 7.77. The Balaban J connectivity index is 1.25. The summed E-state index contributed by atoms with van der Waals surface area (Å²) in [5, 5.41) is 10.2. The third-order valence-corrected chi connectivity index (χ3v) is 10.0. The number of anilines is 1. The highest BCUT2D eigenvalue weighted by Crippen LogP contribution is 2.42. The Morgan fingerprint density at radius 3 is 2.02 bits per heavy atom. The van der Waals surface area contributed by atoms with Crippen LogP contribution in [0.15, 0.2) is 78.9 Å². The number of para-hydroxylation sites is 1. The van der Waals surface area contributed by atoms with Gasteiger partial charge in [-0.2, -0.15) is 0 Å². The number of fused-ring (bicyclic) bond motifs is 2. The van der Waals surface area contributed by atoms with E-state index in [2.05, 4.69) is 0 Å². The first-order valence-electron chi connectivity index (χ1n) is 16.1. The minimum atomic E-state index is -1.06. The number of carbonyl (C=O) groups is 4. The van der Waals surface area contributed by atoms with Crippen molar-refractivity contribution >= 4 is 29.5 Å². The number of piperidine rings is 1. The molecule has 4 amide bonds. The van der Waals surface area contributed by atoms with E-state index in [1.54, 1.807) is 9.80 Å². The fraction of sp³-hybridized carbons (Fsp3) is 0.389. The van der Waals surface area contributed by atoms with Crippen LogP contribution in [0.1, 0.15) is 60.4 Å². The largest absolute Gasteiger partial charge is 0.480 e. The Labute approximate surface area is 263 Å². The van der Waals surface area contributed by atoms with Gasteiger partial charge < -0.3 is 19.8 Å². The van der Waals surface area contributed by atoms with Crippen LogP contribution in [0, 0.1) is 0 Å². The molecule has 45 heavy (non-hydrogen) atoms. The number of urea groups is 1. The number of aliphatic carboxylic acids is 1. The van der Waals surface area contributed by atoms with Gasteiger partial charge in [0, 0.05) is 38.2 Å². The Morgan fingerprint density at radius 1 is 0.644 bits per heavy atom. The van der Waals surface area contributed by atoms with E-state index < -0.39 is 24.1 Å². The van der Waals surface area contributed by atoms with Crippen LogP contribution in [0.25, 0.3) is 0 Å². The van der Waals surface area contributed by atoms with Crippen molar-refractivity contribution in [3.8, 4) is 0 Å². The molecule has 2 saturated heterocycles. The topological polar surface area (TPSA) is 101 Å². The lowest BCUT2D eigenvalue weighted by Crippen LogP contribution is -2.59. The maximum atomic E-state index is 14.9. The van der Waals surface area contributed by atoms with Crippen LogP contribution in [0.2, 0.25) is 0 Å². The SMILES string of the molecule is O=C(O)[C@H]1Cc2ccccc2CN1C(=O)[C@H]1CC[C@@H](c2ccccc2)N1C(=O)[C@H]1Cc2ccccc2N1C(=O)N1CCCCC1. The van der Waals surface area contributed by atoms with Crippen molar-refractivity contribution in [3.63, 3.8) is 0 Å². The number of carboxylic acid groups (broad SMARTS) is 1. The predicted molar refractivity (Wildman–Crippen MR) is 168 cm³/mol. The van der Waals surface area contributed by atoms with Gasteiger partial charge in [0.2, 0.25) is 11.8 Å². The molecule has 3 aromatic carbocycles. The minimum absolute atomic E-state index is 0.171. The molecule has 4 aliphatic heterocycles. The average molecular weight is 607 g/mol. The molecule has 4 heterocycles. The van der Waals surface area contributed by atoms with Gasteiger partial charge >= 0.3 is 12.0 Å². The molecule has 0 unspecified atom stereocenters. The summed E-state index contributed by atoms with van der Waals surface area (Å²) in [5.41, 5.74) is 4.43. The molecule has 0 saturated carbocycles. The van der Waals surface area contributed by atoms with Crippen molar-refractivity contribution < 1.29 is 24.3 Å². The first kappa shape index (κ1) is 29.1. The minimum Gasteiger partial charge on any atom is -0.480 e. The number of hydrogen-bond acceptors (Lipinski definition) is 4. The summed E-state index contributed by atoms with van der Waals surface area (Å²) in [6, 6.07) is 21.8. The normalized spacial score (nSPS) is 24.3. The van der Waals surface area contributed by atoms with Gasteiger partial charge in [-0.1, -0.05) is 72.8 Å². The standard InChI is InChI=1S/C36H38N4O5/c41-33(38-23-27-15-6-5-13-25(27)21-32(38)35(43)44)30-18-17-29(24-11-3-1-4-12-24)39(30)34(42)31-22-26-14-7-8-16-28(26)40(31)36(45)37-19-9-2-10-20-37/h1,3-8,11-16,29-32H,2,9-10,17-23H2,(H,43,44)/t29-,30+,31+,32+/m0/s1. The summed E-state index contributed by atoms with van der Waals surface area (Å²) in [6.45, 7) is 1.49. The average Bonchev–Trinajstić information content (AvgIpc) is 3.70. The predicted octanol–water partition coefficient (Wildman–Crippen LogP) is 4.79. The molecule has 0 aliphatic carbocycles. The molecule has 9 nitrogen and oxygen atoms in total. The maximum Gasteiger partial charge on any atom is 0.326 e. The molecule has 2 fully saturated rings. The van der Waals surface area contributed by atoms with E-state index in [1.807, 2.05) is 83.8 Å². The summed E-state index contributed by atoms with van der Waals surface area (Å²) in [7, 11) is 0. The smallest absolute Gasteiger partial charge is 0.326 e. The van der Waals surface area contributed by atoms with Crippen LogP contribution in [0.3, 0.4) is 0 Å². The van der Waals surface area contributed by atoms with Crippen LogP contribution in [-0.2, 0) is 33.8 Å². The molecule has 0 spiro atoms. The van der Waals surface area contributed by atoms with Crippen LogP contribution >= 0.6 is 0 Å². The molecule has 0 aromatic heterocycles. The fourth-order valence-corrected chi connectivity index (χ4v) is 7.76. The van der Waals surface area contributed by atoms with Crippen LogP contribution < -0.4 is 4.90 Å². The first-order valence-corrected chi connectivity index (χ1v) is 16.1. The van der Waals surface area contributed by atoms with Crippen LogP contribution in [0.5, 0.6) is 0 Å². The summed E-state index contributed by atoms with van der Waals surface area (Å²) in [5.74, 6) is -1.68. The van der Waals surface area contributed by atoms with Gasteiger partial charge in [0.25, 0.3) is 0 Å². The van der Waals surface area contributed by atoms with Gasteiger partial charge in [-0.05, 0) is 60.4 Å². The molecule has 232 valence electrons. The zero-order chi connectivity index (χ0) is 31.1. The summed E-state index contributed by atoms with van der Waals surface area (Å²) >= 11 is 0. The molecule has 3 aromatic rings. The number of carbonyl (C=O) groups excluding carboxylic acids is 3. The molecule has 4 aliphatic rings. The quantitative estimate of drug-likeness (QED) is 0.460. The third kappa shape index (κ3) is 5.24. The van der Waals surface area contributed by atoms with Gasteiger partial charge in [-0.15, -0.1) is 0 Å². The highest BCUT2D eigenvalue weighted by molar-refractivity contribution is 6.04. The number of nitrogens with zero attached hydrogens (tertiary/aromatic N) is 4. The van der Waals surface area contributed by atoms with E-state index in [0.29, 0.717) is 32.4 Å². The van der Waals surface area contributed by atoms with Crippen molar-refractivity contribution in [1.29, 1.82) is 0 Å². The van der Waals surface area contributed by atoms with Gasteiger partial charge in [-0.3, -0.25) is 14.5 Å². The molecule has 9 heteroatoms. The molecular weight excluding hydrogens is 568 g/mol. The summed E-state index contributed by atoms with van der Waals surface area (Å²) < 4.78 is 0. The van der Waals surface area contributed by atoms with Crippen molar-refractivity contribution in [2.75, 3.05) is 18.0 Å². The second-order valence-electron chi connectivity index (χ2n) is 12.6. The second kappa shape index (κ2) is 12.0. The number of benzene rings is 3. The lowest BCUT2D eigenvalue weighted by Gasteiger charge is -2.40. The number of likely N-dealkylation sites (tertiary alicyclic amines) is 2. The Bertz CT molecular complexity index is 1620. The first-order chi connectivity index (χ1) is 21.9. The van der Waals surface area contributed by atoms with Crippen molar-refractivity contribution in [2.24, 2.45) is 0 Å². The zero-order valence-electron chi connectivity index (χ0n) is 25.3. The Hall–Kier alpha value is -4.66. The zero-order valence-corrected chi connectivity index (χ0v) is 25.3. The van der Waals surface area contributed by atoms with Gasteiger partial charge in [0.15, 0.2) is 0 Å². The van der Waals surface area contributed by atoms with Crippen LogP contribution in [0.4, 0.5) is 10.5 Å². The molecular formula is C36H38N4O5. The molecule has 0 radical (unpaired) electrons. The summed E-state index contributed by atoms with van der Waals surface area (Å²) in [6.07, 6.45) is 4.50. The highest BCUT2D eigenvalue weighted by atomic mass is 16.4.